The minimum atomic E-state index is -0.851. The van der Waals surface area contributed by atoms with E-state index in [1.54, 1.807) is 0 Å². The average Bonchev–Trinajstić information content (AvgIpc) is 2.51. The third-order valence-corrected chi connectivity index (χ3v) is 5.97. The summed E-state index contributed by atoms with van der Waals surface area (Å²) < 4.78 is 0. The molecule has 1 saturated carbocycles. The van der Waals surface area contributed by atoms with Crippen molar-refractivity contribution in [2.75, 3.05) is 0 Å². The average molecular weight is 383 g/mol. The SMILES string of the molecule is CC1(C)CC(=O)C(C(Cc2ccccc2)C2=C(O)CC(C)(C)CC2=O)C(=O)C1. The number of ketones is 3. The van der Waals surface area contributed by atoms with Gasteiger partial charge in [-0.2, -0.15) is 0 Å². The van der Waals surface area contributed by atoms with Gasteiger partial charge in [0.2, 0.25) is 0 Å². The standard InChI is InChI=1S/C24H30O4/c1-23(2)11-17(25)21(18(26)12-23)16(10-15-8-6-5-7-9-15)22-19(27)13-24(3,4)14-20(22)28/h5-9,16,21,27H,10-14H2,1-4H3. The number of aliphatic hydroxyl groups is 1. The Morgan fingerprint density at radius 3 is 1.96 bits per heavy atom. The molecule has 3 rings (SSSR count). The number of aliphatic hydroxyl groups excluding tert-OH is 1. The normalized spacial score (nSPS) is 23.8. The number of hydrogen-bond donors (Lipinski definition) is 1. The Labute approximate surface area is 167 Å². The molecule has 4 nitrogen and oxygen atoms in total. The van der Waals surface area contributed by atoms with E-state index in [0.29, 0.717) is 37.7 Å². The highest BCUT2D eigenvalue weighted by Crippen LogP contribution is 2.44. The zero-order valence-electron chi connectivity index (χ0n) is 17.2. The Kier molecular flexibility index (Phi) is 5.35. The van der Waals surface area contributed by atoms with Crippen molar-refractivity contribution in [1.82, 2.24) is 0 Å². The predicted octanol–water partition coefficient (Wildman–Crippen LogP) is 4.62. The van der Waals surface area contributed by atoms with Crippen LogP contribution in [0, 0.1) is 22.7 Å². The molecule has 0 bridgehead atoms. The molecule has 2 aliphatic carbocycles. The minimum Gasteiger partial charge on any atom is -0.512 e. The van der Waals surface area contributed by atoms with Crippen LogP contribution in [0.25, 0.3) is 0 Å². The van der Waals surface area contributed by atoms with Gasteiger partial charge in [0.15, 0.2) is 5.78 Å². The number of benzene rings is 1. The van der Waals surface area contributed by atoms with E-state index in [-0.39, 0.29) is 33.9 Å². The van der Waals surface area contributed by atoms with Gasteiger partial charge in [0.25, 0.3) is 0 Å². The molecule has 0 radical (unpaired) electrons. The largest absolute Gasteiger partial charge is 0.512 e. The van der Waals surface area contributed by atoms with Crippen LogP contribution in [0.5, 0.6) is 0 Å². The van der Waals surface area contributed by atoms with Gasteiger partial charge in [-0.3, -0.25) is 14.4 Å². The van der Waals surface area contributed by atoms with Gasteiger partial charge in [-0.25, -0.2) is 0 Å². The fourth-order valence-electron chi connectivity index (χ4n) is 4.83. The molecule has 28 heavy (non-hydrogen) atoms. The second-order valence-electron chi connectivity index (χ2n) is 10.0. The quantitative estimate of drug-likeness (QED) is 0.771. The van der Waals surface area contributed by atoms with E-state index in [2.05, 4.69) is 0 Å². The van der Waals surface area contributed by atoms with Crippen molar-refractivity contribution in [3.05, 3.63) is 47.2 Å². The van der Waals surface area contributed by atoms with Crippen LogP contribution in [0.3, 0.4) is 0 Å². The molecule has 1 aromatic rings. The van der Waals surface area contributed by atoms with E-state index in [9.17, 15) is 19.5 Å². The summed E-state index contributed by atoms with van der Waals surface area (Å²) in [4.78, 5) is 39.0. The van der Waals surface area contributed by atoms with Crippen LogP contribution in [-0.2, 0) is 20.8 Å². The lowest BCUT2D eigenvalue weighted by molar-refractivity contribution is -0.141. The van der Waals surface area contributed by atoms with E-state index >= 15 is 0 Å². The van der Waals surface area contributed by atoms with E-state index in [1.807, 2.05) is 58.0 Å². The van der Waals surface area contributed by atoms with Gasteiger partial charge in [0.1, 0.15) is 11.6 Å². The summed E-state index contributed by atoms with van der Waals surface area (Å²) in [7, 11) is 0. The number of allylic oxidation sites excluding steroid dienone is 2. The van der Waals surface area contributed by atoms with Crippen molar-refractivity contribution in [2.24, 2.45) is 22.7 Å². The number of Topliss-reactive ketones (excluding diaryl/α,β-unsaturated/α-hetero) is 3. The van der Waals surface area contributed by atoms with Gasteiger partial charge in [-0.15, -0.1) is 0 Å². The van der Waals surface area contributed by atoms with Crippen LogP contribution >= 0.6 is 0 Å². The first-order valence-electron chi connectivity index (χ1n) is 10.0. The summed E-state index contributed by atoms with van der Waals surface area (Å²) in [6.45, 7) is 7.75. The third kappa shape index (κ3) is 4.26. The first-order valence-corrected chi connectivity index (χ1v) is 10.0. The summed E-state index contributed by atoms with van der Waals surface area (Å²) in [5.41, 5.74) is 0.590. The van der Waals surface area contributed by atoms with Crippen LogP contribution < -0.4 is 0 Å². The molecule has 1 N–H and O–H groups in total. The molecule has 4 heteroatoms. The monoisotopic (exact) mass is 382 g/mol. The maximum atomic E-state index is 13.0. The first-order chi connectivity index (χ1) is 13.0. The molecular formula is C24H30O4. The van der Waals surface area contributed by atoms with Gasteiger partial charge in [-0.1, -0.05) is 58.0 Å². The van der Waals surface area contributed by atoms with Crippen molar-refractivity contribution >= 4 is 17.3 Å². The van der Waals surface area contributed by atoms with E-state index in [0.717, 1.165) is 5.56 Å². The van der Waals surface area contributed by atoms with Crippen molar-refractivity contribution in [1.29, 1.82) is 0 Å². The molecule has 1 fully saturated rings. The van der Waals surface area contributed by atoms with Crippen molar-refractivity contribution < 1.29 is 19.5 Å². The fourth-order valence-corrected chi connectivity index (χ4v) is 4.83. The Morgan fingerprint density at radius 2 is 1.43 bits per heavy atom. The highest BCUT2D eigenvalue weighted by molar-refractivity contribution is 6.08. The van der Waals surface area contributed by atoms with E-state index in [1.165, 1.54) is 0 Å². The second-order valence-corrected chi connectivity index (χ2v) is 10.0. The summed E-state index contributed by atoms with van der Waals surface area (Å²) >= 11 is 0. The zero-order valence-corrected chi connectivity index (χ0v) is 17.2. The Morgan fingerprint density at radius 1 is 0.893 bits per heavy atom. The van der Waals surface area contributed by atoms with Crippen LogP contribution in [0.4, 0.5) is 0 Å². The summed E-state index contributed by atoms with van der Waals surface area (Å²) in [5.74, 6) is -1.76. The molecule has 0 aromatic heterocycles. The van der Waals surface area contributed by atoms with E-state index < -0.39 is 11.8 Å². The topological polar surface area (TPSA) is 71.4 Å². The molecular weight excluding hydrogens is 352 g/mol. The molecule has 0 saturated heterocycles. The predicted molar refractivity (Wildman–Crippen MR) is 108 cm³/mol. The van der Waals surface area contributed by atoms with Crippen LogP contribution in [-0.4, -0.2) is 22.5 Å². The number of rotatable bonds is 4. The molecule has 1 unspecified atom stereocenters. The van der Waals surface area contributed by atoms with Crippen molar-refractivity contribution in [3.8, 4) is 0 Å². The number of carbonyl (C=O) groups is 3. The highest BCUT2D eigenvalue weighted by Gasteiger charge is 2.47. The molecule has 2 aliphatic rings. The van der Waals surface area contributed by atoms with E-state index in [4.69, 9.17) is 0 Å². The van der Waals surface area contributed by atoms with Crippen molar-refractivity contribution in [2.45, 2.75) is 59.8 Å². The zero-order chi connectivity index (χ0) is 20.7. The third-order valence-electron chi connectivity index (χ3n) is 5.97. The molecule has 1 aromatic carbocycles. The van der Waals surface area contributed by atoms with Gasteiger partial charge in [0, 0.05) is 37.2 Å². The molecule has 150 valence electrons. The first kappa shape index (κ1) is 20.5. The van der Waals surface area contributed by atoms with Crippen LogP contribution in [0.2, 0.25) is 0 Å². The van der Waals surface area contributed by atoms with Crippen LogP contribution in [0.1, 0.15) is 58.9 Å². The molecule has 0 spiro atoms. The maximum absolute atomic E-state index is 13.0. The van der Waals surface area contributed by atoms with Crippen LogP contribution in [0.15, 0.2) is 41.7 Å². The van der Waals surface area contributed by atoms with Gasteiger partial charge in [0.05, 0.1) is 11.7 Å². The fraction of sp³-hybridized carbons (Fsp3) is 0.542. The molecule has 0 heterocycles. The molecule has 0 aliphatic heterocycles. The molecule has 1 atom stereocenters. The van der Waals surface area contributed by atoms with Crippen molar-refractivity contribution in [3.63, 3.8) is 0 Å². The Balaban J connectivity index is 2.05. The maximum Gasteiger partial charge on any atom is 0.163 e. The Bertz CT molecular complexity index is 809. The lowest BCUT2D eigenvalue weighted by atomic mass is 9.63. The molecule has 0 amide bonds. The van der Waals surface area contributed by atoms with Gasteiger partial charge < -0.3 is 5.11 Å². The number of hydrogen-bond acceptors (Lipinski definition) is 4. The summed E-state index contributed by atoms with van der Waals surface area (Å²) in [6.07, 6.45) is 1.75. The minimum absolute atomic E-state index is 0.0487. The summed E-state index contributed by atoms with van der Waals surface area (Å²) in [6, 6.07) is 9.58. The number of carbonyl (C=O) groups excluding carboxylic acids is 3. The lowest BCUT2D eigenvalue weighted by Crippen LogP contribution is -2.44. The summed E-state index contributed by atoms with van der Waals surface area (Å²) in [5, 5.41) is 10.8. The Hall–Kier alpha value is -2.23. The highest BCUT2D eigenvalue weighted by atomic mass is 16.3. The van der Waals surface area contributed by atoms with Gasteiger partial charge >= 0.3 is 0 Å². The second kappa shape index (κ2) is 7.31. The smallest absolute Gasteiger partial charge is 0.163 e. The van der Waals surface area contributed by atoms with Gasteiger partial charge in [-0.05, 0) is 22.8 Å². The lowest BCUT2D eigenvalue weighted by Gasteiger charge is -2.38.